The Labute approximate surface area is 205 Å². The molecule has 0 atom stereocenters. The molecule has 0 spiro atoms. The summed E-state index contributed by atoms with van der Waals surface area (Å²) in [4.78, 5) is 23.4. The average molecular weight is 471 g/mol. The molecule has 0 aliphatic heterocycles. The Hall–Kier alpha value is -2.70. The molecular formula is C28H42N2O4. The summed E-state index contributed by atoms with van der Waals surface area (Å²) in [5, 5.41) is 6.68. The average Bonchev–Trinajstić information content (AvgIpc) is 2.85. The minimum atomic E-state index is -0.267. The quantitative estimate of drug-likeness (QED) is 0.413. The number of rotatable bonds is 12. The van der Waals surface area contributed by atoms with Gasteiger partial charge in [0.2, 0.25) is 0 Å². The number of benzene rings is 2. The van der Waals surface area contributed by atoms with Crippen LogP contribution in [0.2, 0.25) is 0 Å². The van der Waals surface area contributed by atoms with Gasteiger partial charge in [-0.05, 0) is 77.9 Å². The first-order valence-electron chi connectivity index (χ1n) is 12.0. The van der Waals surface area contributed by atoms with Gasteiger partial charge in [0.05, 0.1) is 11.1 Å². The van der Waals surface area contributed by atoms with Crippen LogP contribution in [0.1, 0.15) is 75.1 Å². The van der Waals surface area contributed by atoms with Crippen LogP contribution in [-0.4, -0.2) is 49.3 Å². The molecule has 34 heavy (non-hydrogen) atoms. The lowest BCUT2D eigenvalue weighted by molar-refractivity contribution is 0.0394. The van der Waals surface area contributed by atoms with Gasteiger partial charge in [-0.25, -0.2) is 9.59 Å². The zero-order valence-corrected chi connectivity index (χ0v) is 21.6. The number of nitrogens with one attached hydrogen (secondary N) is 2. The van der Waals surface area contributed by atoms with E-state index in [2.05, 4.69) is 24.5 Å². The summed E-state index contributed by atoms with van der Waals surface area (Å²) in [6.07, 6.45) is 2.13. The van der Waals surface area contributed by atoms with Crippen LogP contribution < -0.4 is 10.6 Å². The number of carbonyl (C=O) groups excluding carboxylic acids is 2. The zero-order valence-electron chi connectivity index (χ0n) is 21.6. The first kappa shape index (κ1) is 29.3. The first-order valence-corrected chi connectivity index (χ1v) is 12.0. The van der Waals surface area contributed by atoms with Gasteiger partial charge in [0.1, 0.15) is 13.2 Å². The van der Waals surface area contributed by atoms with E-state index in [1.807, 2.05) is 64.1 Å². The predicted molar refractivity (Wildman–Crippen MR) is 138 cm³/mol. The van der Waals surface area contributed by atoms with Crippen molar-refractivity contribution in [1.29, 1.82) is 0 Å². The third-order valence-electron chi connectivity index (χ3n) is 4.85. The molecule has 0 heterocycles. The van der Waals surface area contributed by atoms with E-state index in [4.69, 9.17) is 9.47 Å². The summed E-state index contributed by atoms with van der Waals surface area (Å²) < 4.78 is 10.6. The lowest BCUT2D eigenvalue weighted by Gasteiger charge is -2.25. The molecule has 0 aromatic heterocycles. The van der Waals surface area contributed by atoms with Gasteiger partial charge in [-0.2, -0.15) is 0 Å². The summed E-state index contributed by atoms with van der Waals surface area (Å²) in [6.45, 7) is 14.9. The molecule has 2 aromatic carbocycles. The van der Waals surface area contributed by atoms with Crippen molar-refractivity contribution in [3.8, 4) is 0 Å². The molecule has 0 aliphatic rings. The highest BCUT2D eigenvalue weighted by Crippen LogP contribution is 2.08. The molecule has 0 radical (unpaired) electrons. The number of hydrogen-bond acceptors (Lipinski definition) is 6. The van der Waals surface area contributed by atoms with Crippen LogP contribution in [0.3, 0.4) is 0 Å². The van der Waals surface area contributed by atoms with Gasteiger partial charge < -0.3 is 20.1 Å². The molecular weight excluding hydrogens is 428 g/mol. The van der Waals surface area contributed by atoms with E-state index in [1.54, 1.807) is 24.3 Å². The Kier molecular flexibility index (Phi) is 13.2. The summed E-state index contributed by atoms with van der Waals surface area (Å²) in [5.74, 6) is -0.533. The fraction of sp³-hybridized carbons (Fsp3) is 0.500. The molecule has 0 unspecified atom stereocenters. The number of ether oxygens (including phenoxy) is 2. The summed E-state index contributed by atoms with van der Waals surface area (Å²) in [5.41, 5.74) is 0.832. The van der Waals surface area contributed by atoms with Gasteiger partial charge in [-0.1, -0.05) is 50.2 Å². The first-order chi connectivity index (χ1) is 16.1. The third-order valence-corrected chi connectivity index (χ3v) is 4.85. The Morgan fingerprint density at radius 3 is 1.26 bits per heavy atom. The fourth-order valence-corrected chi connectivity index (χ4v) is 2.84. The molecule has 0 bridgehead atoms. The SMILES string of the molecule is CCCNC(C)(C)COC(=O)c1ccccc1.CCCNC(C)(C)COC(=O)c1ccccc1. The predicted octanol–water partition coefficient (Wildman–Crippen LogP) is 5.24. The van der Waals surface area contributed by atoms with Crippen molar-refractivity contribution in [2.45, 2.75) is 65.5 Å². The second-order valence-corrected chi connectivity index (χ2v) is 9.51. The highest BCUT2D eigenvalue weighted by molar-refractivity contribution is 5.89. The van der Waals surface area contributed by atoms with E-state index in [1.165, 1.54) is 0 Å². The molecule has 0 fully saturated rings. The summed E-state index contributed by atoms with van der Waals surface area (Å²) in [7, 11) is 0. The number of hydrogen-bond donors (Lipinski definition) is 2. The van der Waals surface area contributed by atoms with E-state index < -0.39 is 0 Å². The highest BCUT2D eigenvalue weighted by Gasteiger charge is 2.20. The lowest BCUT2D eigenvalue weighted by atomic mass is 10.1. The maximum absolute atomic E-state index is 11.7. The van der Waals surface area contributed by atoms with Gasteiger partial charge in [0.25, 0.3) is 0 Å². The molecule has 0 amide bonds. The molecule has 0 saturated carbocycles. The van der Waals surface area contributed by atoms with Crippen LogP contribution >= 0.6 is 0 Å². The smallest absolute Gasteiger partial charge is 0.338 e. The van der Waals surface area contributed by atoms with Gasteiger partial charge >= 0.3 is 11.9 Å². The molecule has 6 nitrogen and oxygen atoms in total. The monoisotopic (exact) mass is 470 g/mol. The van der Waals surface area contributed by atoms with Gasteiger partial charge in [0, 0.05) is 11.1 Å². The van der Waals surface area contributed by atoms with Crippen molar-refractivity contribution >= 4 is 11.9 Å². The van der Waals surface area contributed by atoms with E-state index in [9.17, 15) is 9.59 Å². The van der Waals surface area contributed by atoms with Crippen molar-refractivity contribution in [2.24, 2.45) is 0 Å². The minimum absolute atomic E-state index is 0.180. The van der Waals surface area contributed by atoms with Crippen molar-refractivity contribution in [2.75, 3.05) is 26.3 Å². The molecule has 0 saturated heterocycles. The van der Waals surface area contributed by atoms with Crippen molar-refractivity contribution in [3.63, 3.8) is 0 Å². The van der Waals surface area contributed by atoms with Gasteiger partial charge in [-0.15, -0.1) is 0 Å². The molecule has 188 valence electrons. The lowest BCUT2D eigenvalue weighted by Crippen LogP contribution is -2.44. The third kappa shape index (κ3) is 12.5. The van der Waals surface area contributed by atoms with E-state index in [0.29, 0.717) is 24.3 Å². The van der Waals surface area contributed by atoms with E-state index in [-0.39, 0.29) is 23.0 Å². The Balaban J connectivity index is 0.000000340. The van der Waals surface area contributed by atoms with Crippen LogP contribution in [-0.2, 0) is 9.47 Å². The number of carbonyl (C=O) groups is 2. The molecule has 0 aliphatic carbocycles. The highest BCUT2D eigenvalue weighted by atomic mass is 16.5. The van der Waals surface area contributed by atoms with Crippen molar-refractivity contribution < 1.29 is 19.1 Å². The maximum Gasteiger partial charge on any atom is 0.338 e. The second-order valence-electron chi connectivity index (χ2n) is 9.51. The Morgan fingerprint density at radius 2 is 0.971 bits per heavy atom. The topological polar surface area (TPSA) is 76.7 Å². The largest absolute Gasteiger partial charge is 0.460 e. The van der Waals surface area contributed by atoms with Crippen LogP contribution in [0.25, 0.3) is 0 Å². The standard InChI is InChI=1S/2C14H21NO2/c2*1-4-10-15-14(2,3)11-17-13(16)12-8-6-5-7-9-12/h2*5-9,15H,4,10-11H2,1-3H3. The molecule has 2 N–H and O–H groups in total. The minimum Gasteiger partial charge on any atom is -0.460 e. The summed E-state index contributed by atoms with van der Waals surface area (Å²) >= 11 is 0. The summed E-state index contributed by atoms with van der Waals surface area (Å²) in [6, 6.07) is 18.1. The molecule has 2 aromatic rings. The van der Waals surface area contributed by atoms with Crippen LogP contribution in [0.5, 0.6) is 0 Å². The zero-order chi connectivity index (χ0) is 25.5. The van der Waals surface area contributed by atoms with E-state index >= 15 is 0 Å². The maximum atomic E-state index is 11.7. The van der Waals surface area contributed by atoms with Crippen LogP contribution in [0.15, 0.2) is 60.7 Å². The normalized spacial score (nSPS) is 11.2. The van der Waals surface area contributed by atoms with E-state index in [0.717, 1.165) is 25.9 Å². The van der Waals surface area contributed by atoms with Gasteiger partial charge in [0.15, 0.2) is 0 Å². The fourth-order valence-electron chi connectivity index (χ4n) is 2.84. The van der Waals surface area contributed by atoms with Crippen molar-refractivity contribution in [1.82, 2.24) is 10.6 Å². The second kappa shape index (κ2) is 15.3. The van der Waals surface area contributed by atoms with Crippen LogP contribution in [0.4, 0.5) is 0 Å². The number of esters is 2. The van der Waals surface area contributed by atoms with Crippen molar-refractivity contribution in [3.05, 3.63) is 71.8 Å². The molecule has 6 heteroatoms. The van der Waals surface area contributed by atoms with Gasteiger partial charge in [-0.3, -0.25) is 0 Å². The Bertz CT molecular complexity index is 764. The molecule has 2 rings (SSSR count). The van der Waals surface area contributed by atoms with Crippen LogP contribution in [0, 0.1) is 0 Å². The Morgan fingerprint density at radius 1 is 0.647 bits per heavy atom.